The zero-order valence-corrected chi connectivity index (χ0v) is 18.4. The Balaban J connectivity index is 1.87. The Morgan fingerprint density at radius 1 is 0.967 bits per heavy atom. The zero-order valence-electron chi connectivity index (χ0n) is 18.4. The number of Topliss-reactive ketones (excluding diaryl/α,β-unsaturated/α-hetero) is 1. The number of benzene rings is 2. The van der Waals surface area contributed by atoms with Crippen LogP contribution in [0.15, 0.2) is 53.7 Å². The van der Waals surface area contributed by atoms with E-state index in [0.717, 1.165) is 33.8 Å². The van der Waals surface area contributed by atoms with Crippen molar-refractivity contribution in [2.45, 2.75) is 52.9 Å². The second-order valence-electron chi connectivity index (χ2n) is 9.33. The molecule has 0 aromatic heterocycles. The maximum Gasteiger partial charge on any atom is 0.232 e. The van der Waals surface area contributed by atoms with Gasteiger partial charge in [0.1, 0.15) is 5.75 Å². The van der Waals surface area contributed by atoms with Crippen molar-refractivity contribution in [2.24, 2.45) is 5.41 Å². The van der Waals surface area contributed by atoms with E-state index in [1.165, 1.54) is 5.56 Å². The van der Waals surface area contributed by atoms with E-state index in [9.17, 15) is 9.59 Å². The maximum absolute atomic E-state index is 13.4. The standard InChI is InChI=1S/C26H29NO3/c1-16-6-9-19(12-17(16)2)27-22-14-26(3,4)15-23(28)25(22)21(13-24(27)29)18-7-10-20(30-5)11-8-18/h6-12,21H,13-15H2,1-5H3. The van der Waals surface area contributed by atoms with Crippen molar-refractivity contribution in [3.8, 4) is 5.75 Å². The van der Waals surface area contributed by atoms with E-state index in [4.69, 9.17) is 4.74 Å². The van der Waals surface area contributed by atoms with Crippen LogP contribution in [-0.2, 0) is 9.59 Å². The van der Waals surface area contributed by atoms with Gasteiger partial charge in [-0.05, 0) is 66.6 Å². The van der Waals surface area contributed by atoms with Gasteiger partial charge in [0.15, 0.2) is 5.78 Å². The lowest BCUT2D eigenvalue weighted by atomic mass is 9.69. The van der Waals surface area contributed by atoms with E-state index in [2.05, 4.69) is 33.8 Å². The third kappa shape index (κ3) is 3.55. The fourth-order valence-corrected chi connectivity index (χ4v) is 4.70. The number of hydrogen-bond donors (Lipinski definition) is 0. The normalized spacial score (nSPS) is 21.0. The van der Waals surface area contributed by atoms with Gasteiger partial charge in [-0.25, -0.2) is 0 Å². The predicted octanol–water partition coefficient (Wildman–Crippen LogP) is 5.48. The van der Waals surface area contributed by atoms with Crippen molar-refractivity contribution in [2.75, 3.05) is 12.0 Å². The van der Waals surface area contributed by atoms with Crippen LogP contribution in [0.25, 0.3) is 0 Å². The van der Waals surface area contributed by atoms with Crippen LogP contribution in [-0.4, -0.2) is 18.8 Å². The average Bonchev–Trinajstić information content (AvgIpc) is 2.68. The van der Waals surface area contributed by atoms with E-state index in [1.807, 2.05) is 36.4 Å². The van der Waals surface area contributed by atoms with Gasteiger partial charge in [-0.15, -0.1) is 0 Å². The molecule has 0 spiro atoms. The van der Waals surface area contributed by atoms with Crippen LogP contribution >= 0.6 is 0 Å². The van der Waals surface area contributed by atoms with Gasteiger partial charge in [0.05, 0.1) is 7.11 Å². The van der Waals surface area contributed by atoms with Crippen LogP contribution in [0.5, 0.6) is 5.75 Å². The number of allylic oxidation sites excluding steroid dienone is 2. The van der Waals surface area contributed by atoms with Crippen molar-refractivity contribution >= 4 is 17.4 Å². The fraction of sp³-hybridized carbons (Fsp3) is 0.385. The molecule has 2 aromatic rings. The van der Waals surface area contributed by atoms with Gasteiger partial charge in [0.2, 0.25) is 5.91 Å². The number of carbonyl (C=O) groups excluding carboxylic acids is 2. The first kappa shape index (κ1) is 20.4. The van der Waals surface area contributed by atoms with Gasteiger partial charge >= 0.3 is 0 Å². The van der Waals surface area contributed by atoms with E-state index < -0.39 is 0 Å². The number of ether oxygens (including phenoxy) is 1. The van der Waals surface area contributed by atoms with E-state index >= 15 is 0 Å². The monoisotopic (exact) mass is 403 g/mol. The molecule has 0 bridgehead atoms. The summed E-state index contributed by atoms with van der Waals surface area (Å²) in [7, 11) is 1.63. The Labute approximate surface area is 178 Å². The minimum absolute atomic E-state index is 0.0447. The molecule has 156 valence electrons. The molecule has 1 atom stereocenters. The van der Waals surface area contributed by atoms with Crippen molar-refractivity contribution < 1.29 is 14.3 Å². The molecule has 4 nitrogen and oxygen atoms in total. The summed E-state index contributed by atoms with van der Waals surface area (Å²) >= 11 is 0. The summed E-state index contributed by atoms with van der Waals surface area (Å²) in [6, 6.07) is 13.8. The SMILES string of the molecule is COc1ccc(C2CC(=O)N(c3ccc(C)c(C)c3)C3=C2C(=O)CC(C)(C)C3)cc1. The molecule has 30 heavy (non-hydrogen) atoms. The Morgan fingerprint density at radius 2 is 1.67 bits per heavy atom. The van der Waals surface area contributed by atoms with E-state index in [1.54, 1.807) is 12.0 Å². The molecule has 0 saturated heterocycles. The summed E-state index contributed by atoms with van der Waals surface area (Å²) in [4.78, 5) is 28.6. The quantitative estimate of drug-likeness (QED) is 0.682. The number of amides is 1. The molecular formula is C26H29NO3. The number of hydrogen-bond acceptors (Lipinski definition) is 3. The van der Waals surface area contributed by atoms with Crippen molar-refractivity contribution in [1.29, 1.82) is 0 Å². The zero-order chi connectivity index (χ0) is 21.6. The molecule has 0 N–H and O–H groups in total. The first-order valence-electron chi connectivity index (χ1n) is 10.5. The largest absolute Gasteiger partial charge is 0.497 e. The second kappa shape index (κ2) is 7.42. The van der Waals surface area contributed by atoms with Crippen LogP contribution in [0.4, 0.5) is 5.69 Å². The van der Waals surface area contributed by atoms with Crippen molar-refractivity contribution in [3.05, 3.63) is 70.4 Å². The van der Waals surface area contributed by atoms with E-state index in [0.29, 0.717) is 19.3 Å². The summed E-state index contributed by atoms with van der Waals surface area (Å²) in [5.74, 6) is 0.763. The van der Waals surface area contributed by atoms with Crippen LogP contribution < -0.4 is 9.64 Å². The summed E-state index contributed by atoms with van der Waals surface area (Å²) in [6.45, 7) is 8.33. The van der Waals surface area contributed by atoms with Crippen molar-refractivity contribution in [3.63, 3.8) is 0 Å². The van der Waals surface area contributed by atoms with Crippen LogP contribution in [0.1, 0.15) is 55.7 Å². The molecule has 0 radical (unpaired) electrons. The van der Waals surface area contributed by atoms with Gasteiger partial charge in [-0.3, -0.25) is 14.5 Å². The summed E-state index contributed by atoms with van der Waals surface area (Å²) < 4.78 is 5.27. The third-order valence-corrected chi connectivity index (χ3v) is 6.41. The van der Waals surface area contributed by atoms with Crippen LogP contribution in [0, 0.1) is 19.3 Å². The molecule has 0 fully saturated rings. The summed E-state index contributed by atoms with van der Waals surface area (Å²) in [5, 5.41) is 0. The van der Waals surface area contributed by atoms with Gasteiger partial charge in [0, 0.05) is 35.7 Å². The first-order chi connectivity index (χ1) is 14.2. The maximum atomic E-state index is 13.4. The van der Waals surface area contributed by atoms with Gasteiger partial charge in [-0.2, -0.15) is 0 Å². The number of ketones is 1. The molecule has 1 heterocycles. The summed E-state index contributed by atoms with van der Waals surface area (Å²) in [5.41, 5.74) is 5.68. The van der Waals surface area contributed by atoms with Crippen LogP contribution in [0.3, 0.4) is 0 Å². The molecule has 2 aromatic carbocycles. The highest BCUT2D eigenvalue weighted by Gasteiger charge is 2.44. The summed E-state index contributed by atoms with van der Waals surface area (Å²) in [6.07, 6.45) is 1.51. The molecule has 1 amide bonds. The van der Waals surface area contributed by atoms with Crippen LogP contribution in [0.2, 0.25) is 0 Å². The van der Waals surface area contributed by atoms with Gasteiger partial charge < -0.3 is 4.74 Å². The minimum atomic E-state index is -0.204. The average molecular weight is 404 g/mol. The number of carbonyl (C=O) groups is 2. The third-order valence-electron chi connectivity index (χ3n) is 6.41. The van der Waals surface area contributed by atoms with Gasteiger partial charge in [0.25, 0.3) is 0 Å². The number of rotatable bonds is 3. The Hall–Kier alpha value is -2.88. The first-order valence-corrected chi connectivity index (χ1v) is 10.5. The molecule has 0 saturated carbocycles. The minimum Gasteiger partial charge on any atom is -0.497 e. The molecule has 1 unspecified atom stereocenters. The Kier molecular flexibility index (Phi) is 5.05. The molecule has 2 aliphatic rings. The molecule has 1 aliphatic heterocycles. The fourth-order valence-electron chi connectivity index (χ4n) is 4.70. The smallest absolute Gasteiger partial charge is 0.232 e. The predicted molar refractivity (Wildman–Crippen MR) is 119 cm³/mol. The number of anilines is 1. The number of methoxy groups -OCH3 is 1. The number of nitrogens with zero attached hydrogens (tertiary/aromatic N) is 1. The molecule has 4 rings (SSSR count). The van der Waals surface area contributed by atoms with E-state index in [-0.39, 0.29) is 23.0 Å². The molecule has 1 aliphatic carbocycles. The Morgan fingerprint density at radius 3 is 2.30 bits per heavy atom. The Bertz CT molecular complexity index is 1050. The highest BCUT2D eigenvalue weighted by Crippen LogP contribution is 2.48. The van der Waals surface area contributed by atoms with Crippen molar-refractivity contribution in [1.82, 2.24) is 0 Å². The molecule has 4 heteroatoms. The number of aryl methyl sites for hydroxylation is 2. The van der Waals surface area contributed by atoms with Gasteiger partial charge in [-0.1, -0.05) is 32.0 Å². The highest BCUT2D eigenvalue weighted by molar-refractivity contribution is 6.07. The topological polar surface area (TPSA) is 46.6 Å². The lowest BCUT2D eigenvalue weighted by Gasteiger charge is -2.43. The highest BCUT2D eigenvalue weighted by atomic mass is 16.5. The lowest BCUT2D eigenvalue weighted by molar-refractivity contribution is -0.121. The lowest BCUT2D eigenvalue weighted by Crippen LogP contribution is -2.43. The molecular weight excluding hydrogens is 374 g/mol. The second-order valence-corrected chi connectivity index (χ2v) is 9.33.